The number of ketones is 1. The quantitative estimate of drug-likeness (QED) is 0.414. The number of hydrogen-bond acceptors (Lipinski definition) is 4. The minimum atomic E-state index is -0.672. The molecule has 3 aromatic rings. The zero-order chi connectivity index (χ0) is 22.2. The van der Waals surface area contributed by atoms with Crippen molar-refractivity contribution in [2.24, 2.45) is 0 Å². The first-order valence-electron chi connectivity index (χ1n) is 9.82. The highest BCUT2D eigenvalue weighted by atomic mass is 19.1. The second-order valence-electron chi connectivity index (χ2n) is 7.06. The number of carbonyl (C=O) groups is 3. The number of carbonyl (C=O) groups excluding carboxylic acids is 3. The average Bonchev–Trinajstić information content (AvgIpc) is 2.78. The number of halogens is 1. The molecule has 5 nitrogen and oxygen atoms in total. The van der Waals surface area contributed by atoms with Gasteiger partial charge < -0.3 is 10.1 Å². The van der Waals surface area contributed by atoms with Crippen molar-refractivity contribution in [2.45, 2.75) is 19.8 Å². The van der Waals surface area contributed by atoms with Crippen LogP contribution in [0, 0.1) is 12.7 Å². The van der Waals surface area contributed by atoms with Crippen LogP contribution >= 0.6 is 0 Å². The minimum Gasteiger partial charge on any atom is -0.456 e. The Morgan fingerprint density at radius 1 is 0.871 bits per heavy atom. The van der Waals surface area contributed by atoms with Gasteiger partial charge in [0.25, 0.3) is 5.91 Å². The summed E-state index contributed by atoms with van der Waals surface area (Å²) in [5.41, 5.74) is 3.28. The largest absolute Gasteiger partial charge is 0.456 e. The van der Waals surface area contributed by atoms with Crippen LogP contribution in [0.4, 0.5) is 10.1 Å². The molecule has 31 heavy (non-hydrogen) atoms. The molecule has 0 saturated heterocycles. The van der Waals surface area contributed by atoms with Crippen LogP contribution in [-0.2, 0) is 14.3 Å². The number of hydrogen-bond donors (Lipinski definition) is 1. The van der Waals surface area contributed by atoms with Crippen molar-refractivity contribution in [3.8, 4) is 11.1 Å². The number of aryl methyl sites for hydroxylation is 1. The van der Waals surface area contributed by atoms with Gasteiger partial charge in [-0.1, -0.05) is 60.7 Å². The zero-order valence-corrected chi connectivity index (χ0v) is 17.1. The van der Waals surface area contributed by atoms with Gasteiger partial charge in [-0.05, 0) is 35.7 Å². The van der Waals surface area contributed by atoms with E-state index in [-0.39, 0.29) is 24.3 Å². The van der Waals surface area contributed by atoms with Gasteiger partial charge in [0.15, 0.2) is 12.4 Å². The SMILES string of the molecule is Cc1ccc(NC(=O)COC(=O)CCC(=O)c2ccc(-c3ccccc3)cc2)c(F)c1. The van der Waals surface area contributed by atoms with E-state index in [4.69, 9.17) is 4.74 Å². The van der Waals surface area contributed by atoms with Crippen LogP contribution in [-0.4, -0.2) is 24.3 Å². The molecule has 0 spiro atoms. The summed E-state index contributed by atoms with van der Waals surface area (Å²) in [5, 5.41) is 2.34. The molecule has 0 radical (unpaired) electrons. The lowest BCUT2D eigenvalue weighted by atomic mass is 10.0. The number of amides is 1. The molecule has 0 saturated carbocycles. The molecule has 0 heterocycles. The summed E-state index contributed by atoms with van der Waals surface area (Å²) in [6.45, 7) is 1.18. The first kappa shape index (κ1) is 21.9. The summed E-state index contributed by atoms with van der Waals surface area (Å²) in [7, 11) is 0. The molecule has 0 aromatic heterocycles. The smallest absolute Gasteiger partial charge is 0.306 e. The third-order valence-electron chi connectivity index (χ3n) is 4.63. The number of ether oxygens (including phenoxy) is 1. The van der Waals surface area contributed by atoms with Crippen molar-refractivity contribution in [2.75, 3.05) is 11.9 Å². The van der Waals surface area contributed by atoms with Gasteiger partial charge in [0.05, 0.1) is 12.1 Å². The maximum Gasteiger partial charge on any atom is 0.306 e. The van der Waals surface area contributed by atoms with Gasteiger partial charge in [0.1, 0.15) is 5.82 Å². The highest BCUT2D eigenvalue weighted by molar-refractivity contribution is 5.98. The molecule has 0 bridgehead atoms. The molecule has 0 fully saturated rings. The van der Waals surface area contributed by atoms with Crippen molar-refractivity contribution in [1.29, 1.82) is 0 Å². The Morgan fingerprint density at radius 3 is 2.23 bits per heavy atom. The Kier molecular flexibility index (Phi) is 7.27. The lowest BCUT2D eigenvalue weighted by molar-refractivity contribution is -0.147. The molecular weight excluding hydrogens is 397 g/mol. The number of esters is 1. The Hall–Kier alpha value is -3.80. The molecule has 6 heteroatoms. The van der Waals surface area contributed by atoms with E-state index in [0.29, 0.717) is 5.56 Å². The highest BCUT2D eigenvalue weighted by Crippen LogP contribution is 2.20. The van der Waals surface area contributed by atoms with Gasteiger partial charge in [-0.15, -0.1) is 0 Å². The first-order valence-corrected chi connectivity index (χ1v) is 9.82. The van der Waals surface area contributed by atoms with E-state index >= 15 is 0 Å². The Morgan fingerprint density at radius 2 is 1.55 bits per heavy atom. The van der Waals surface area contributed by atoms with Crippen molar-refractivity contribution in [1.82, 2.24) is 0 Å². The molecule has 1 N–H and O–H groups in total. The van der Waals surface area contributed by atoms with Crippen molar-refractivity contribution in [3.63, 3.8) is 0 Å². The number of rotatable bonds is 8. The molecule has 0 aliphatic rings. The zero-order valence-electron chi connectivity index (χ0n) is 17.1. The van der Waals surface area contributed by atoms with E-state index < -0.39 is 24.3 Å². The van der Waals surface area contributed by atoms with Crippen LogP contribution in [0.5, 0.6) is 0 Å². The summed E-state index contributed by atoms with van der Waals surface area (Å²) in [4.78, 5) is 36.0. The van der Waals surface area contributed by atoms with Crippen molar-refractivity contribution >= 4 is 23.3 Å². The number of benzene rings is 3. The molecule has 0 aliphatic carbocycles. The fourth-order valence-corrected chi connectivity index (χ4v) is 2.97. The summed E-state index contributed by atoms with van der Waals surface area (Å²) < 4.78 is 18.6. The topological polar surface area (TPSA) is 72.5 Å². The second kappa shape index (κ2) is 10.3. The lowest BCUT2D eigenvalue weighted by Gasteiger charge is -2.08. The Labute approximate surface area is 179 Å². The van der Waals surface area contributed by atoms with Gasteiger partial charge >= 0.3 is 5.97 Å². The molecule has 158 valence electrons. The number of Topliss-reactive ketones (excluding diaryl/α,β-unsaturated/α-hetero) is 1. The van der Waals surface area contributed by atoms with Gasteiger partial charge in [0.2, 0.25) is 0 Å². The summed E-state index contributed by atoms with van der Waals surface area (Å²) in [6.07, 6.45) is -0.177. The van der Waals surface area contributed by atoms with E-state index in [1.54, 1.807) is 25.1 Å². The predicted octanol–water partition coefficient (Wildman–Crippen LogP) is 4.95. The van der Waals surface area contributed by atoms with E-state index in [9.17, 15) is 18.8 Å². The van der Waals surface area contributed by atoms with Gasteiger partial charge in [-0.3, -0.25) is 14.4 Å². The van der Waals surface area contributed by atoms with Gasteiger partial charge in [-0.2, -0.15) is 0 Å². The van der Waals surface area contributed by atoms with Crippen LogP contribution in [0.3, 0.4) is 0 Å². The third-order valence-corrected chi connectivity index (χ3v) is 4.63. The van der Waals surface area contributed by atoms with Crippen LogP contribution in [0.25, 0.3) is 11.1 Å². The second-order valence-corrected chi connectivity index (χ2v) is 7.06. The van der Waals surface area contributed by atoms with Crippen molar-refractivity contribution < 1.29 is 23.5 Å². The summed E-state index contributed by atoms with van der Waals surface area (Å²) >= 11 is 0. The first-order chi connectivity index (χ1) is 14.9. The standard InChI is InChI=1S/C25H22FNO4/c1-17-7-12-22(21(26)15-17)27-24(29)16-31-25(30)14-13-23(28)20-10-8-19(9-11-20)18-5-3-2-4-6-18/h2-12,15H,13-14,16H2,1H3,(H,27,29). The normalized spacial score (nSPS) is 10.4. The molecular formula is C25H22FNO4. The Balaban J connectivity index is 1.43. The molecule has 3 aromatic carbocycles. The molecule has 1 amide bonds. The lowest BCUT2D eigenvalue weighted by Crippen LogP contribution is -2.21. The van der Waals surface area contributed by atoms with E-state index in [0.717, 1.165) is 16.7 Å². The summed E-state index contributed by atoms with van der Waals surface area (Å²) in [6, 6.07) is 21.3. The highest BCUT2D eigenvalue weighted by Gasteiger charge is 2.13. The molecule has 0 unspecified atom stereocenters. The van der Waals surface area contributed by atoms with Crippen LogP contribution in [0.15, 0.2) is 72.8 Å². The maximum atomic E-state index is 13.7. The number of anilines is 1. The predicted molar refractivity (Wildman–Crippen MR) is 116 cm³/mol. The summed E-state index contributed by atoms with van der Waals surface area (Å²) in [5.74, 6) is -2.08. The fraction of sp³-hybridized carbons (Fsp3) is 0.160. The average molecular weight is 419 g/mol. The maximum absolute atomic E-state index is 13.7. The third kappa shape index (κ3) is 6.34. The minimum absolute atomic E-state index is 0.0146. The van der Waals surface area contributed by atoms with Crippen LogP contribution < -0.4 is 5.32 Å². The van der Waals surface area contributed by atoms with Crippen LogP contribution in [0.1, 0.15) is 28.8 Å². The van der Waals surface area contributed by atoms with E-state index in [1.165, 1.54) is 12.1 Å². The van der Waals surface area contributed by atoms with Crippen molar-refractivity contribution in [3.05, 3.63) is 89.7 Å². The molecule has 0 atom stereocenters. The molecule has 3 rings (SSSR count). The fourth-order valence-electron chi connectivity index (χ4n) is 2.97. The van der Waals surface area contributed by atoms with Crippen LogP contribution in [0.2, 0.25) is 0 Å². The Bertz CT molecular complexity index is 1080. The molecule has 0 aliphatic heterocycles. The van der Waals surface area contributed by atoms with Gasteiger partial charge in [0, 0.05) is 12.0 Å². The monoisotopic (exact) mass is 419 g/mol. The number of nitrogens with one attached hydrogen (secondary N) is 1. The van der Waals surface area contributed by atoms with E-state index in [2.05, 4.69) is 5.32 Å². The van der Waals surface area contributed by atoms with Gasteiger partial charge in [-0.25, -0.2) is 4.39 Å². The van der Waals surface area contributed by atoms with E-state index in [1.807, 2.05) is 42.5 Å².